The van der Waals surface area contributed by atoms with E-state index in [9.17, 15) is 9.18 Å². The quantitative estimate of drug-likeness (QED) is 0.859. The third-order valence-corrected chi connectivity index (χ3v) is 3.20. The summed E-state index contributed by atoms with van der Waals surface area (Å²) < 4.78 is 19.4. The van der Waals surface area contributed by atoms with Crippen molar-refractivity contribution in [1.82, 2.24) is 4.90 Å². The number of hydrogen-bond donors (Lipinski definition) is 1. The molecule has 20 heavy (non-hydrogen) atoms. The average Bonchev–Trinajstić information content (AvgIpc) is 2.36. The Balaban J connectivity index is 1.97. The zero-order valence-electron chi connectivity index (χ0n) is 11.4. The first-order valence-electron chi connectivity index (χ1n) is 6.52. The first-order chi connectivity index (χ1) is 9.60. The van der Waals surface area contributed by atoms with E-state index in [2.05, 4.69) is 11.2 Å². The topological polar surface area (TPSA) is 41.6 Å². The van der Waals surface area contributed by atoms with Crippen LogP contribution in [-0.4, -0.2) is 30.6 Å². The van der Waals surface area contributed by atoms with Crippen LogP contribution in [0.1, 0.15) is 19.3 Å². The average molecular weight is 276 g/mol. The second kappa shape index (κ2) is 6.29. The zero-order valence-corrected chi connectivity index (χ0v) is 11.4. The van der Waals surface area contributed by atoms with E-state index in [0.717, 1.165) is 19.3 Å². The summed E-state index contributed by atoms with van der Waals surface area (Å²) in [5, 5.41) is 2.57. The fourth-order valence-corrected chi connectivity index (χ4v) is 1.77. The molecule has 2 amide bonds. The molecule has 5 heteroatoms. The fraction of sp³-hybridized carbons (Fsp3) is 0.400. The molecule has 106 valence electrons. The molecule has 0 spiro atoms. The Kier molecular flexibility index (Phi) is 4.46. The highest BCUT2D eigenvalue weighted by molar-refractivity contribution is 5.89. The van der Waals surface area contributed by atoms with Crippen LogP contribution >= 0.6 is 0 Å². The summed E-state index contributed by atoms with van der Waals surface area (Å²) in [6, 6.07) is 4.01. The monoisotopic (exact) mass is 276 g/mol. The molecule has 2 rings (SSSR count). The predicted octanol–water partition coefficient (Wildman–Crippen LogP) is 2.85. The van der Waals surface area contributed by atoms with Crippen LogP contribution in [0.25, 0.3) is 0 Å². The lowest BCUT2D eigenvalue weighted by atomic mass is 9.96. The molecule has 1 aromatic rings. The van der Waals surface area contributed by atoms with E-state index in [0.29, 0.717) is 5.69 Å². The molecular weight excluding hydrogens is 259 g/mol. The Morgan fingerprint density at radius 2 is 2.35 bits per heavy atom. The highest BCUT2D eigenvalue weighted by Gasteiger charge is 2.20. The van der Waals surface area contributed by atoms with Crippen LogP contribution in [0.5, 0.6) is 5.75 Å². The van der Waals surface area contributed by atoms with Crippen molar-refractivity contribution in [3.8, 4) is 18.1 Å². The molecule has 0 aliphatic heterocycles. The molecule has 0 bridgehead atoms. The normalized spacial score (nSPS) is 14.1. The van der Waals surface area contributed by atoms with Gasteiger partial charge in [0.1, 0.15) is 0 Å². The maximum absolute atomic E-state index is 13.8. The van der Waals surface area contributed by atoms with Crippen molar-refractivity contribution < 1.29 is 13.9 Å². The molecule has 1 aromatic carbocycles. The summed E-state index contributed by atoms with van der Waals surface area (Å²) in [7, 11) is 1.57. The van der Waals surface area contributed by atoms with Gasteiger partial charge in [0.15, 0.2) is 11.6 Å². The van der Waals surface area contributed by atoms with Crippen LogP contribution in [0.4, 0.5) is 14.9 Å². The molecule has 1 aliphatic rings. The Labute approximate surface area is 117 Å². The van der Waals surface area contributed by atoms with E-state index >= 15 is 0 Å². The Morgan fingerprint density at radius 1 is 1.60 bits per heavy atom. The van der Waals surface area contributed by atoms with E-state index in [-0.39, 0.29) is 24.4 Å². The van der Waals surface area contributed by atoms with Crippen LogP contribution in [0, 0.1) is 18.2 Å². The Morgan fingerprint density at radius 3 is 2.90 bits per heavy atom. The summed E-state index contributed by atoms with van der Waals surface area (Å²) in [4.78, 5) is 13.0. The number of halogens is 1. The molecule has 0 aromatic heterocycles. The molecule has 0 heterocycles. The van der Waals surface area contributed by atoms with Gasteiger partial charge in [-0.05, 0) is 31.4 Å². The molecule has 1 fully saturated rings. The first-order valence-corrected chi connectivity index (χ1v) is 6.52. The van der Waals surface area contributed by atoms with Crippen molar-refractivity contribution in [2.75, 3.05) is 18.9 Å². The Bertz CT molecular complexity index is 535. The van der Waals surface area contributed by atoms with Gasteiger partial charge >= 0.3 is 6.03 Å². The molecule has 1 saturated carbocycles. The third-order valence-electron chi connectivity index (χ3n) is 3.20. The maximum atomic E-state index is 13.8. The number of carbonyl (C=O) groups excluding carboxylic acids is 1. The van der Waals surface area contributed by atoms with Gasteiger partial charge in [-0.25, -0.2) is 9.18 Å². The number of benzene rings is 1. The SMILES string of the molecule is C#CCN(C)C(=O)Nc1ccc(OC2CCC2)c(F)c1. The van der Waals surface area contributed by atoms with Crippen molar-refractivity contribution in [3.63, 3.8) is 0 Å². The van der Waals surface area contributed by atoms with Gasteiger partial charge in [0, 0.05) is 18.8 Å². The molecule has 0 saturated heterocycles. The molecule has 0 unspecified atom stereocenters. The van der Waals surface area contributed by atoms with Crippen molar-refractivity contribution >= 4 is 11.7 Å². The van der Waals surface area contributed by atoms with Gasteiger partial charge in [0.2, 0.25) is 0 Å². The van der Waals surface area contributed by atoms with E-state index in [1.54, 1.807) is 13.1 Å². The zero-order chi connectivity index (χ0) is 14.5. The van der Waals surface area contributed by atoms with Gasteiger partial charge in [-0.3, -0.25) is 0 Å². The lowest BCUT2D eigenvalue weighted by molar-refractivity contribution is 0.115. The molecule has 1 aliphatic carbocycles. The minimum absolute atomic E-state index is 0.117. The molecule has 0 atom stereocenters. The van der Waals surface area contributed by atoms with E-state index in [1.165, 1.54) is 17.0 Å². The number of hydrogen-bond acceptors (Lipinski definition) is 2. The largest absolute Gasteiger partial charge is 0.487 e. The number of nitrogens with one attached hydrogen (secondary N) is 1. The number of rotatable bonds is 4. The summed E-state index contributed by atoms with van der Waals surface area (Å²) >= 11 is 0. The van der Waals surface area contributed by atoms with Gasteiger partial charge in [0.05, 0.1) is 12.6 Å². The van der Waals surface area contributed by atoms with Gasteiger partial charge in [-0.1, -0.05) is 5.92 Å². The minimum atomic E-state index is -0.477. The van der Waals surface area contributed by atoms with Gasteiger partial charge in [0.25, 0.3) is 0 Å². The predicted molar refractivity (Wildman–Crippen MR) is 75.1 cm³/mol. The van der Waals surface area contributed by atoms with E-state index in [4.69, 9.17) is 11.2 Å². The lowest BCUT2D eigenvalue weighted by Gasteiger charge is -2.26. The highest BCUT2D eigenvalue weighted by atomic mass is 19.1. The smallest absolute Gasteiger partial charge is 0.322 e. The van der Waals surface area contributed by atoms with Crippen molar-refractivity contribution in [2.45, 2.75) is 25.4 Å². The van der Waals surface area contributed by atoms with E-state index < -0.39 is 5.82 Å². The van der Waals surface area contributed by atoms with Gasteiger partial charge in [-0.15, -0.1) is 6.42 Å². The van der Waals surface area contributed by atoms with Crippen molar-refractivity contribution in [1.29, 1.82) is 0 Å². The maximum Gasteiger partial charge on any atom is 0.322 e. The lowest BCUT2D eigenvalue weighted by Crippen LogP contribution is -2.31. The first kappa shape index (κ1) is 14.2. The van der Waals surface area contributed by atoms with Crippen LogP contribution < -0.4 is 10.1 Å². The van der Waals surface area contributed by atoms with Crippen LogP contribution in [-0.2, 0) is 0 Å². The summed E-state index contributed by atoms with van der Waals surface area (Å²) in [6.45, 7) is 0.192. The van der Waals surface area contributed by atoms with E-state index in [1.807, 2.05) is 0 Å². The second-order valence-electron chi connectivity index (χ2n) is 4.81. The number of terminal acetylenes is 1. The van der Waals surface area contributed by atoms with Crippen LogP contribution in [0.3, 0.4) is 0 Å². The summed E-state index contributed by atoms with van der Waals surface area (Å²) in [5.74, 6) is 2.11. The number of nitrogens with zero attached hydrogens (tertiary/aromatic N) is 1. The standard InChI is InChI=1S/C15H17FN2O2/c1-3-9-18(2)15(19)17-11-7-8-14(13(16)10-11)20-12-5-4-6-12/h1,7-8,10,12H,4-6,9H2,2H3,(H,17,19). The number of ether oxygens (including phenoxy) is 1. The molecule has 1 N–H and O–H groups in total. The molecule has 0 radical (unpaired) electrons. The van der Waals surface area contributed by atoms with Crippen molar-refractivity contribution in [3.05, 3.63) is 24.0 Å². The molecule has 4 nitrogen and oxygen atoms in total. The number of carbonyl (C=O) groups is 1. The highest BCUT2D eigenvalue weighted by Crippen LogP contribution is 2.28. The van der Waals surface area contributed by atoms with Crippen LogP contribution in [0.15, 0.2) is 18.2 Å². The van der Waals surface area contributed by atoms with Gasteiger partial charge < -0.3 is 15.0 Å². The van der Waals surface area contributed by atoms with Crippen molar-refractivity contribution in [2.24, 2.45) is 0 Å². The van der Waals surface area contributed by atoms with Crippen LogP contribution in [0.2, 0.25) is 0 Å². The number of amides is 2. The Hall–Kier alpha value is -2.22. The number of anilines is 1. The van der Waals surface area contributed by atoms with Gasteiger partial charge in [-0.2, -0.15) is 0 Å². The fourth-order valence-electron chi connectivity index (χ4n) is 1.77. The minimum Gasteiger partial charge on any atom is -0.487 e. The molecular formula is C15H17FN2O2. The number of urea groups is 1. The second-order valence-corrected chi connectivity index (χ2v) is 4.81. The summed E-state index contributed by atoms with van der Waals surface area (Å²) in [6.07, 6.45) is 8.30. The third kappa shape index (κ3) is 3.41. The summed E-state index contributed by atoms with van der Waals surface area (Å²) in [5.41, 5.74) is 0.373.